The van der Waals surface area contributed by atoms with Crippen molar-refractivity contribution in [2.75, 3.05) is 0 Å². The van der Waals surface area contributed by atoms with Crippen molar-refractivity contribution in [3.8, 4) is 11.1 Å². The fourth-order valence-electron chi connectivity index (χ4n) is 7.96. The van der Waals surface area contributed by atoms with Crippen LogP contribution in [0.25, 0.3) is 11.1 Å². The van der Waals surface area contributed by atoms with E-state index in [0.717, 1.165) is 6.42 Å². The molecule has 262 valence electrons. The summed E-state index contributed by atoms with van der Waals surface area (Å²) in [5.41, 5.74) is 11.4. The van der Waals surface area contributed by atoms with Gasteiger partial charge in [0.05, 0.1) is 0 Å². The van der Waals surface area contributed by atoms with Crippen molar-refractivity contribution in [2.24, 2.45) is 0 Å². The van der Waals surface area contributed by atoms with E-state index in [1.54, 1.807) is 24.8 Å². The zero-order valence-corrected chi connectivity index (χ0v) is 37.3. The largest absolute Gasteiger partial charge is 1.00 e. The van der Waals surface area contributed by atoms with Gasteiger partial charge in [0, 0.05) is 0 Å². The zero-order chi connectivity index (χ0) is 34.8. The number of halogens is 2. The van der Waals surface area contributed by atoms with Gasteiger partial charge >= 0.3 is 302 Å². The molecule has 0 nitrogen and oxygen atoms in total. The van der Waals surface area contributed by atoms with Crippen molar-refractivity contribution >= 4 is 15.8 Å². The summed E-state index contributed by atoms with van der Waals surface area (Å²) in [5, 5.41) is 3.16. The Labute approximate surface area is 324 Å². The van der Waals surface area contributed by atoms with Gasteiger partial charge in [0.1, 0.15) is 0 Å². The van der Waals surface area contributed by atoms with Crippen LogP contribution in [0.4, 0.5) is 0 Å². The summed E-state index contributed by atoms with van der Waals surface area (Å²) in [6.45, 7) is 28.9. The summed E-state index contributed by atoms with van der Waals surface area (Å²) in [7, 11) is 0. The third-order valence-electron chi connectivity index (χ3n) is 10.3. The van der Waals surface area contributed by atoms with Gasteiger partial charge in [-0.05, 0) is 0 Å². The van der Waals surface area contributed by atoms with Crippen molar-refractivity contribution in [3.05, 3.63) is 140 Å². The quantitative estimate of drug-likeness (QED) is 0.249. The second-order valence-corrected chi connectivity index (χ2v) is 32.1. The molecule has 0 saturated carbocycles. The van der Waals surface area contributed by atoms with E-state index in [9.17, 15) is 0 Å². The van der Waals surface area contributed by atoms with E-state index < -0.39 is 25.8 Å². The van der Waals surface area contributed by atoms with Crippen LogP contribution < -0.4 is 35.2 Å². The molecule has 4 heteroatoms. The average Bonchev–Trinajstić information content (AvgIpc) is 3.64. The van der Waals surface area contributed by atoms with E-state index in [4.69, 9.17) is 0 Å². The Bertz CT molecular complexity index is 1830. The van der Waals surface area contributed by atoms with Crippen LogP contribution in [0, 0.1) is 0 Å². The second kappa shape index (κ2) is 14.8. The molecule has 2 aliphatic rings. The first-order valence-electron chi connectivity index (χ1n) is 18.0. The van der Waals surface area contributed by atoms with Gasteiger partial charge in [0.2, 0.25) is 0 Å². The van der Waals surface area contributed by atoms with Crippen molar-refractivity contribution in [1.82, 2.24) is 0 Å². The van der Waals surface area contributed by atoms with E-state index in [1.807, 2.05) is 0 Å². The van der Waals surface area contributed by atoms with Gasteiger partial charge in [-0.1, -0.05) is 0 Å². The molecule has 0 atom stereocenters. The molecule has 0 unspecified atom stereocenters. The summed E-state index contributed by atoms with van der Waals surface area (Å²) in [6, 6.07) is 34.1. The normalized spacial score (nSPS) is 14.2. The standard InChI is InChI=1S/C29H41.C12H10Si.C5H5.2ClH.Zr/c1-26(2,3)22-14-18-13-19-15-23(27(4,5)6)25(29(10,11)12)17-21(19)20(18)16-24(22)28(7,8)9;1-3-7-11(8-4-1)13-12-9-5-2-6-10-12;1-2-4-5-3-1;;;/h13-17H,1-12H3;1-10H;1-3H,4H2;2*1H;/q;;;;;+2/p-2. The minimum absolute atomic E-state index is 0. The van der Waals surface area contributed by atoms with Crippen molar-refractivity contribution in [2.45, 2.75) is 115 Å². The molecule has 0 aromatic heterocycles. The smallest absolute Gasteiger partial charge is 1.00 e. The zero-order valence-electron chi connectivity index (χ0n) is 32.4. The van der Waals surface area contributed by atoms with Crippen LogP contribution in [0.1, 0.15) is 127 Å². The Morgan fingerprint density at radius 3 is 1.20 bits per heavy atom. The van der Waals surface area contributed by atoms with Crippen LogP contribution >= 0.6 is 0 Å². The predicted molar refractivity (Wildman–Crippen MR) is 208 cm³/mol. The van der Waals surface area contributed by atoms with Gasteiger partial charge < -0.3 is 24.8 Å². The van der Waals surface area contributed by atoms with Crippen LogP contribution in [0.15, 0.2) is 106 Å². The number of allylic oxidation sites excluding steroid dienone is 4. The summed E-state index contributed by atoms with van der Waals surface area (Å²) in [4.78, 5) is 0. The van der Waals surface area contributed by atoms with E-state index in [2.05, 4.69) is 186 Å². The second-order valence-electron chi connectivity index (χ2n) is 18.2. The molecule has 50 heavy (non-hydrogen) atoms. The number of rotatable bonds is 4. The fourth-order valence-corrected chi connectivity index (χ4v) is 30.2. The van der Waals surface area contributed by atoms with Gasteiger partial charge in [0.25, 0.3) is 0 Å². The van der Waals surface area contributed by atoms with Crippen molar-refractivity contribution < 1.29 is 45.2 Å². The molecule has 4 aromatic carbocycles. The molecule has 0 heterocycles. The number of fused-ring (bicyclic) bond motifs is 3. The Balaban J connectivity index is 0.00000281. The van der Waals surface area contributed by atoms with Gasteiger partial charge in [0.15, 0.2) is 0 Å². The number of hydrogen-bond acceptors (Lipinski definition) is 0. The maximum absolute atomic E-state index is 2.72. The Morgan fingerprint density at radius 2 is 0.880 bits per heavy atom. The van der Waals surface area contributed by atoms with Gasteiger partial charge in [-0.3, -0.25) is 0 Å². The van der Waals surface area contributed by atoms with E-state index in [-0.39, 0.29) is 46.5 Å². The first-order chi connectivity index (χ1) is 22.4. The van der Waals surface area contributed by atoms with E-state index >= 15 is 0 Å². The monoisotopic (exact) mass is 796 g/mol. The maximum atomic E-state index is 2.72. The Hall–Kier alpha value is -1.96. The van der Waals surface area contributed by atoms with Gasteiger partial charge in [-0.15, -0.1) is 0 Å². The molecule has 0 spiro atoms. The number of benzene rings is 4. The third kappa shape index (κ3) is 7.86. The molecule has 0 bridgehead atoms. The van der Waals surface area contributed by atoms with Gasteiger partial charge in [-0.25, -0.2) is 0 Å². The maximum Gasteiger partial charge on any atom is -1.00 e. The van der Waals surface area contributed by atoms with Crippen molar-refractivity contribution in [1.29, 1.82) is 0 Å². The van der Waals surface area contributed by atoms with Crippen LogP contribution in [0.5, 0.6) is 0 Å². The summed E-state index contributed by atoms with van der Waals surface area (Å²) in [5.74, 6) is 0. The first-order valence-corrected chi connectivity index (χ1v) is 25.8. The molecule has 4 aromatic rings. The first kappa shape index (κ1) is 40.8. The minimum atomic E-state index is -2.62. The van der Waals surface area contributed by atoms with Crippen LogP contribution in [-0.4, -0.2) is 5.43 Å². The number of hydrogen-bond donors (Lipinski definition) is 0. The Kier molecular flexibility index (Phi) is 12.1. The molecule has 0 amide bonds. The predicted octanol–water partition coefficient (Wildman–Crippen LogP) is 5.22. The van der Waals surface area contributed by atoms with Crippen LogP contribution in [0.2, 0.25) is 0 Å². The molecule has 2 aliphatic carbocycles. The van der Waals surface area contributed by atoms with Gasteiger partial charge in [-0.2, -0.15) is 0 Å². The molecule has 6 rings (SSSR count). The molecule has 0 radical (unpaired) electrons. The fraction of sp³-hybridized carbons (Fsp3) is 0.391. The average molecular weight is 799 g/mol. The Morgan fingerprint density at radius 1 is 0.520 bits per heavy atom. The summed E-state index contributed by atoms with van der Waals surface area (Å²) < 4.78 is 2.24. The molecular formula is C46H56Cl2SiZr. The summed E-state index contributed by atoms with van der Waals surface area (Å²) >= 11 is -2.62. The minimum Gasteiger partial charge on any atom is -1.00 e. The molecule has 0 saturated heterocycles. The van der Waals surface area contributed by atoms with Crippen LogP contribution in [-0.2, 0) is 42.0 Å². The topological polar surface area (TPSA) is 0 Å². The molecule has 0 aliphatic heterocycles. The summed E-state index contributed by atoms with van der Waals surface area (Å²) in [6.07, 6.45) is 8.44. The molecule has 0 N–H and O–H groups in total. The SMILES string of the molecule is CC(C)(C)c1cc2c(cc1C(C)(C)C)[CH]([Zr+2]([C]1=CC=CC1)=[Si](c1ccccc1)c1ccccc1)c1cc(C(C)(C)C)c(C(C)(C)C)cc1-2.[Cl-].[Cl-]. The van der Waals surface area contributed by atoms with E-state index in [1.165, 1.54) is 33.4 Å². The third-order valence-corrected chi connectivity index (χ3v) is 30.1. The van der Waals surface area contributed by atoms with E-state index in [0.29, 0.717) is 3.63 Å². The molecule has 0 fully saturated rings. The molecular weight excluding hydrogens is 743 g/mol. The van der Waals surface area contributed by atoms with Crippen LogP contribution in [0.3, 0.4) is 0 Å². The van der Waals surface area contributed by atoms with Crippen molar-refractivity contribution in [3.63, 3.8) is 0 Å².